The Hall–Kier alpha value is 0.181. The molecule has 2 rings (SSSR count). The molecule has 0 aliphatic heterocycles. The van der Waals surface area contributed by atoms with Gasteiger partial charge in [-0.15, -0.1) is 0 Å². The summed E-state index contributed by atoms with van der Waals surface area (Å²) >= 11 is 0. The third-order valence-corrected chi connectivity index (χ3v) is 2.85. The van der Waals surface area contributed by atoms with E-state index in [1.807, 2.05) is 6.07 Å². The molecule has 2 unspecified atom stereocenters. The van der Waals surface area contributed by atoms with Crippen molar-refractivity contribution in [2.45, 2.75) is 18.8 Å². The van der Waals surface area contributed by atoms with E-state index in [0.717, 1.165) is 5.56 Å². The van der Waals surface area contributed by atoms with Gasteiger partial charge in [-0.1, -0.05) is 42.6 Å². The van der Waals surface area contributed by atoms with E-state index in [1.54, 1.807) is 24.3 Å². The van der Waals surface area contributed by atoms with E-state index in [2.05, 4.69) is 0 Å². The van der Waals surface area contributed by atoms with Crippen molar-refractivity contribution in [1.82, 2.24) is 0 Å². The number of hydrogen-bond donors (Lipinski definition) is 0. The number of benzene rings is 1. The van der Waals surface area contributed by atoms with E-state index in [1.165, 1.54) is 0 Å². The third kappa shape index (κ3) is 4.38. The Morgan fingerprint density at radius 3 is 2.39 bits per heavy atom. The number of carbonyl (C=O) groups excluding carboxylic acids is 1. The van der Waals surface area contributed by atoms with E-state index < -0.39 is 24.7 Å². The molecule has 1 aromatic carbocycles. The molecule has 0 heterocycles. The van der Waals surface area contributed by atoms with Crippen molar-refractivity contribution in [1.29, 1.82) is 0 Å². The average molecular weight is 282 g/mol. The molecule has 0 bridgehead atoms. The van der Waals surface area contributed by atoms with Gasteiger partial charge in [-0.3, -0.25) is 4.79 Å². The maximum atomic E-state index is 12.3. The summed E-state index contributed by atoms with van der Waals surface area (Å²) < 4.78 is 41.7. The summed E-state index contributed by atoms with van der Waals surface area (Å²) in [6.07, 6.45) is -0.114. The fraction of sp³-hybridized carbons (Fsp3) is 0.364. The van der Waals surface area contributed by atoms with Crippen molar-refractivity contribution < 1.29 is 73.9 Å². The smallest absolute Gasteiger partial charge is 0.461 e. The Labute approximate surface area is 146 Å². The Kier molecular flexibility index (Phi) is 5.92. The Morgan fingerprint density at radius 2 is 1.89 bits per heavy atom. The van der Waals surface area contributed by atoms with Crippen LogP contribution in [0, 0.1) is 5.92 Å². The molecular weight excluding hydrogens is 271 g/mol. The second-order valence-corrected chi connectivity index (χ2v) is 4.22. The Morgan fingerprint density at radius 1 is 1.28 bits per heavy atom. The number of rotatable bonds is 4. The van der Waals surface area contributed by atoms with Gasteiger partial charge in [0.15, 0.2) is 0 Å². The minimum absolute atomic E-state index is 0. The summed E-state index contributed by atoms with van der Waals surface area (Å²) in [6.45, 7) is -4.87. The van der Waals surface area contributed by atoms with Crippen LogP contribution in [0.25, 0.3) is 0 Å². The van der Waals surface area contributed by atoms with Gasteiger partial charge in [-0.05, 0) is 5.56 Å². The zero-order chi connectivity index (χ0) is 12.5. The fourth-order valence-electron chi connectivity index (χ4n) is 1.74. The number of hydrogen-bond acceptors (Lipinski definition) is 2. The SMILES string of the molecule is O=C(OCc1ccccc1)C1CC1[B-](F)(F)F.[K+]. The van der Waals surface area contributed by atoms with Gasteiger partial charge in [0.25, 0.3) is 0 Å². The second kappa shape index (κ2) is 6.56. The molecule has 1 fully saturated rings. The summed E-state index contributed by atoms with van der Waals surface area (Å²) in [5.74, 6) is -3.16. The predicted octanol–water partition coefficient (Wildman–Crippen LogP) is -0.0287. The van der Waals surface area contributed by atoms with Crippen LogP contribution < -0.4 is 51.4 Å². The molecule has 1 aromatic rings. The van der Waals surface area contributed by atoms with Crippen molar-refractivity contribution in [3.63, 3.8) is 0 Å². The van der Waals surface area contributed by atoms with Crippen LogP contribution in [0.2, 0.25) is 5.82 Å². The maximum Gasteiger partial charge on any atom is 1.00 e. The van der Waals surface area contributed by atoms with Crippen molar-refractivity contribution in [3.05, 3.63) is 35.9 Å². The van der Waals surface area contributed by atoms with Gasteiger partial charge in [0.05, 0.1) is 0 Å². The first-order valence-corrected chi connectivity index (χ1v) is 5.39. The van der Waals surface area contributed by atoms with Crippen molar-refractivity contribution >= 4 is 12.9 Å². The summed E-state index contributed by atoms with van der Waals surface area (Å²) in [5.41, 5.74) is 0.774. The van der Waals surface area contributed by atoms with Gasteiger partial charge in [0.1, 0.15) is 6.61 Å². The van der Waals surface area contributed by atoms with Crippen LogP contribution in [-0.2, 0) is 16.1 Å². The molecule has 1 aliphatic rings. The van der Waals surface area contributed by atoms with Gasteiger partial charge in [0.2, 0.25) is 0 Å². The molecule has 0 N–H and O–H groups in total. The minimum atomic E-state index is -4.90. The first-order valence-electron chi connectivity index (χ1n) is 5.39. The molecule has 92 valence electrons. The molecule has 1 aliphatic carbocycles. The summed E-state index contributed by atoms with van der Waals surface area (Å²) in [6, 6.07) is 8.88. The van der Waals surface area contributed by atoms with E-state index in [-0.39, 0.29) is 64.4 Å². The van der Waals surface area contributed by atoms with Crippen molar-refractivity contribution in [2.24, 2.45) is 5.92 Å². The molecule has 2 nitrogen and oxygen atoms in total. The van der Waals surface area contributed by atoms with Crippen LogP contribution >= 0.6 is 0 Å². The molecular formula is C11H11BF3KO2. The van der Waals surface area contributed by atoms with Gasteiger partial charge in [0, 0.05) is 5.92 Å². The normalized spacial score (nSPS) is 21.9. The average Bonchev–Trinajstić information content (AvgIpc) is 3.06. The molecule has 7 heteroatoms. The Balaban J connectivity index is 0.00000162. The zero-order valence-electron chi connectivity index (χ0n) is 9.98. The molecule has 18 heavy (non-hydrogen) atoms. The topological polar surface area (TPSA) is 26.3 Å². The fourth-order valence-corrected chi connectivity index (χ4v) is 1.74. The van der Waals surface area contributed by atoms with Crippen LogP contribution in [0.1, 0.15) is 12.0 Å². The van der Waals surface area contributed by atoms with E-state index >= 15 is 0 Å². The van der Waals surface area contributed by atoms with E-state index in [9.17, 15) is 17.7 Å². The van der Waals surface area contributed by atoms with Gasteiger partial charge >= 0.3 is 64.3 Å². The van der Waals surface area contributed by atoms with E-state index in [0.29, 0.717) is 0 Å². The second-order valence-electron chi connectivity index (χ2n) is 4.22. The number of esters is 1. The van der Waals surface area contributed by atoms with E-state index in [4.69, 9.17) is 4.74 Å². The monoisotopic (exact) mass is 282 g/mol. The standard InChI is InChI=1S/C11H11BF3O2.K/c13-12(14,15)10-6-9(10)11(16)17-7-8-4-2-1-3-5-8;/h1-5,9-10H,6-7H2;/q-1;+1. The quantitative estimate of drug-likeness (QED) is 0.573. The van der Waals surface area contributed by atoms with Crippen LogP contribution in [0.15, 0.2) is 30.3 Å². The van der Waals surface area contributed by atoms with Crippen molar-refractivity contribution in [3.8, 4) is 0 Å². The number of halogens is 3. The minimum Gasteiger partial charge on any atom is -0.461 e. The van der Waals surface area contributed by atoms with Crippen molar-refractivity contribution in [2.75, 3.05) is 0 Å². The molecule has 2 atom stereocenters. The maximum absolute atomic E-state index is 12.3. The first kappa shape index (κ1) is 16.2. The largest absolute Gasteiger partial charge is 1.00 e. The predicted molar refractivity (Wildman–Crippen MR) is 57.2 cm³/mol. The summed E-state index contributed by atoms with van der Waals surface area (Å²) in [5, 5.41) is 0. The van der Waals surface area contributed by atoms with Gasteiger partial charge in [-0.2, -0.15) is 0 Å². The van der Waals surface area contributed by atoms with Gasteiger partial charge in [-0.25, -0.2) is 0 Å². The molecule has 0 spiro atoms. The molecule has 0 amide bonds. The summed E-state index contributed by atoms with van der Waals surface area (Å²) in [7, 11) is 0. The first-order chi connectivity index (χ1) is 7.98. The number of ether oxygens (including phenoxy) is 1. The molecule has 1 saturated carbocycles. The van der Waals surface area contributed by atoms with Crippen LogP contribution in [0.5, 0.6) is 0 Å². The molecule has 0 radical (unpaired) electrons. The molecule has 0 saturated heterocycles. The van der Waals surface area contributed by atoms with Crippen LogP contribution in [0.4, 0.5) is 12.9 Å². The van der Waals surface area contributed by atoms with Crippen LogP contribution in [-0.4, -0.2) is 12.9 Å². The van der Waals surface area contributed by atoms with Gasteiger partial charge < -0.3 is 17.7 Å². The van der Waals surface area contributed by atoms with Crippen LogP contribution in [0.3, 0.4) is 0 Å². The zero-order valence-corrected chi connectivity index (χ0v) is 13.1. The Bertz CT molecular complexity index is 410. The summed E-state index contributed by atoms with van der Waals surface area (Å²) in [4.78, 5) is 11.3. The third-order valence-electron chi connectivity index (χ3n) is 2.85. The molecule has 0 aromatic heterocycles. The number of carbonyl (C=O) groups is 1.